The predicted octanol–water partition coefficient (Wildman–Crippen LogP) is -0.0986. The number of aliphatic carboxylic acids is 1. The monoisotopic (exact) mass is 259 g/mol. The van der Waals surface area contributed by atoms with E-state index in [1.165, 1.54) is 31.4 Å². The molecule has 0 aromatic heterocycles. The molecule has 0 aliphatic carbocycles. The van der Waals surface area contributed by atoms with E-state index >= 15 is 0 Å². The number of sulfonamides is 1. The van der Waals surface area contributed by atoms with Crippen LogP contribution >= 0.6 is 0 Å². The zero-order chi connectivity index (χ0) is 13.1. The molecule has 0 bridgehead atoms. The molecule has 7 heteroatoms. The topological polar surface area (TPSA) is 107 Å². The van der Waals surface area contributed by atoms with Crippen molar-refractivity contribution in [2.75, 3.05) is 13.7 Å². The maximum atomic E-state index is 11.6. The summed E-state index contributed by atoms with van der Waals surface area (Å²) in [4.78, 5) is 11.3. The molecule has 0 aliphatic heterocycles. The van der Waals surface area contributed by atoms with Gasteiger partial charge in [0.15, 0.2) is 0 Å². The molecule has 0 saturated carbocycles. The van der Waals surface area contributed by atoms with Gasteiger partial charge in [0.25, 0.3) is 0 Å². The first-order chi connectivity index (χ1) is 7.86. The summed E-state index contributed by atoms with van der Waals surface area (Å²) in [7, 11) is -3.15. The van der Waals surface area contributed by atoms with Crippen molar-refractivity contribution in [3.63, 3.8) is 0 Å². The van der Waals surface area contributed by atoms with Gasteiger partial charge >= 0.3 is 5.97 Å². The normalized spacial score (nSPS) is 15.2. The minimum absolute atomic E-state index is 0.0665. The van der Waals surface area contributed by atoms with Crippen LogP contribution in [0.1, 0.15) is 5.56 Å². The quantitative estimate of drug-likeness (QED) is 0.768. The van der Waals surface area contributed by atoms with E-state index in [-0.39, 0.29) is 5.56 Å². The number of carboxylic acid groups (broad SMARTS) is 1. The predicted molar refractivity (Wildman–Crippen MR) is 60.7 cm³/mol. The molecule has 1 atom stereocenters. The molecule has 0 radical (unpaired) electrons. The fourth-order valence-corrected chi connectivity index (χ4v) is 2.54. The van der Waals surface area contributed by atoms with Crippen molar-refractivity contribution in [1.29, 1.82) is 0 Å². The fourth-order valence-electron chi connectivity index (χ4n) is 1.55. The second-order valence-electron chi connectivity index (χ2n) is 3.48. The first-order valence-corrected chi connectivity index (χ1v) is 6.21. The Morgan fingerprint density at radius 2 is 1.94 bits per heavy atom. The van der Waals surface area contributed by atoms with Crippen molar-refractivity contribution in [2.45, 2.75) is 4.75 Å². The zero-order valence-electron chi connectivity index (χ0n) is 9.16. The van der Waals surface area contributed by atoms with E-state index in [0.717, 1.165) is 0 Å². The number of primary sulfonamides is 1. The van der Waals surface area contributed by atoms with Crippen molar-refractivity contribution >= 4 is 16.0 Å². The Morgan fingerprint density at radius 3 is 2.29 bits per heavy atom. The number of nitrogens with two attached hydrogens (primary N) is 1. The number of benzene rings is 1. The Hall–Kier alpha value is -1.44. The molecule has 0 amide bonds. The van der Waals surface area contributed by atoms with Crippen molar-refractivity contribution in [3.8, 4) is 0 Å². The summed E-state index contributed by atoms with van der Waals surface area (Å²) < 4.78 is 25.6. The van der Waals surface area contributed by atoms with Crippen LogP contribution < -0.4 is 5.14 Å². The molecule has 1 unspecified atom stereocenters. The van der Waals surface area contributed by atoms with E-state index in [9.17, 15) is 18.3 Å². The number of methoxy groups -OCH3 is 1. The molecule has 1 aromatic rings. The number of ether oxygens (including phenoxy) is 1. The number of rotatable bonds is 5. The molecule has 0 spiro atoms. The number of hydrogen-bond donors (Lipinski definition) is 2. The van der Waals surface area contributed by atoms with Crippen LogP contribution in [-0.2, 0) is 24.3 Å². The molecule has 6 nitrogen and oxygen atoms in total. The minimum atomic E-state index is -4.37. The average molecular weight is 259 g/mol. The number of hydrogen-bond acceptors (Lipinski definition) is 4. The highest BCUT2D eigenvalue weighted by molar-refractivity contribution is 7.91. The van der Waals surface area contributed by atoms with Crippen LogP contribution in [0.15, 0.2) is 30.3 Å². The van der Waals surface area contributed by atoms with Crippen LogP contribution in [0.3, 0.4) is 0 Å². The Kier molecular flexibility index (Phi) is 3.87. The van der Waals surface area contributed by atoms with Gasteiger partial charge in [0.05, 0.1) is 6.61 Å². The molecular weight excluding hydrogens is 246 g/mol. The van der Waals surface area contributed by atoms with Gasteiger partial charge in [-0.25, -0.2) is 18.4 Å². The van der Waals surface area contributed by atoms with Gasteiger partial charge in [-0.2, -0.15) is 0 Å². The highest BCUT2D eigenvalue weighted by Gasteiger charge is 2.51. The van der Waals surface area contributed by atoms with E-state index in [0.29, 0.717) is 0 Å². The first-order valence-electron chi connectivity index (χ1n) is 4.66. The molecule has 17 heavy (non-hydrogen) atoms. The molecule has 94 valence electrons. The van der Waals surface area contributed by atoms with Crippen LogP contribution in [0, 0.1) is 0 Å². The van der Waals surface area contributed by atoms with E-state index in [1.54, 1.807) is 6.07 Å². The summed E-state index contributed by atoms with van der Waals surface area (Å²) in [6, 6.07) is 7.49. The Morgan fingerprint density at radius 1 is 1.41 bits per heavy atom. The Bertz CT molecular complexity index is 499. The van der Waals surface area contributed by atoms with Crippen LogP contribution in [0.2, 0.25) is 0 Å². The summed E-state index contributed by atoms with van der Waals surface area (Å²) in [6.45, 7) is -0.550. The number of carboxylic acids is 1. The van der Waals surface area contributed by atoms with Gasteiger partial charge in [-0.05, 0) is 5.56 Å². The average Bonchev–Trinajstić information content (AvgIpc) is 2.24. The van der Waals surface area contributed by atoms with Crippen LogP contribution in [0.5, 0.6) is 0 Å². The summed E-state index contributed by atoms with van der Waals surface area (Å²) in [5.41, 5.74) is 0.0665. The van der Waals surface area contributed by atoms with Crippen molar-refractivity contribution in [1.82, 2.24) is 0 Å². The molecule has 3 N–H and O–H groups in total. The summed E-state index contributed by atoms with van der Waals surface area (Å²) in [5.74, 6) is -1.56. The van der Waals surface area contributed by atoms with Gasteiger partial charge in [-0.1, -0.05) is 30.3 Å². The molecular formula is C10H13NO5S. The molecule has 0 heterocycles. The third-order valence-electron chi connectivity index (χ3n) is 2.42. The van der Waals surface area contributed by atoms with E-state index < -0.39 is 27.3 Å². The lowest BCUT2D eigenvalue weighted by Gasteiger charge is -2.26. The lowest BCUT2D eigenvalue weighted by atomic mass is 9.99. The second-order valence-corrected chi connectivity index (χ2v) is 5.26. The summed E-state index contributed by atoms with van der Waals surface area (Å²) in [6.07, 6.45) is 0. The van der Waals surface area contributed by atoms with Crippen molar-refractivity contribution in [2.24, 2.45) is 5.14 Å². The van der Waals surface area contributed by atoms with E-state index in [4.69, 9.17) is 9.88 Å². The Balaban J connectivity index is 3.53. The van der Waals surface area contributed by atoms with Crippen LogP contribution in [0.4, 0.5) is 0 Å². The summed E-state index contributed by atoms with van der Waals surface area (Å²) >= 11 is 0. The SMILES string of the molecule is COCC(C(=O)O)(c1ccccc1)S(N)(=O)=O. The smallest absolute Gasteiger partial charge is 0.333 e. The van der Waals surface area contributed by atoms with Gasteiger partial charge < -0.3 is 9.84 Å². The molecule has 0 fully saturated rings. The minimum Gasteiger partial charge on any atom is -0.480 e. The third kappa shape index (κ3) is 2.31. The van der Waals surface area contributed by atoms with Crippen molar-refractivity contribution in [3.05, 3.63) is 35.9 Å². The lowest BCUT2D eigenvalue weighted by Crippen LogP contribution is -2.50. The number of carbonyl (C=O) groups is 1. The maximum Gasteiger partial charge on any atom is 0.333 e. The first kappa shape index (κ1) is 13.6. The van der Waals surface area contributed by atoms with Gasteiger partial charge in [0, 0.05) is 7.11 Å². The zero-order valence-corrected chi connectivity index (χ0v) is 9.98. The maximum absolute atomic E-state index is 11.6. The van der Waals surface area contributed by atoms with Crippen molar-refractivity contribution < 1.29 is 23.1 Å². The molecule has 1 rings (SSSR count). The van der Waals surface area contributed by atoms with Gasteiger partial charge in [0.2, 0.25) is 14.8 Å². The third-order valence-corrected chi connectivity index (χ3v) is 3.92. The van der Waals surface area contributed by atoms with Gasteiger partial charge in [0.1, 0.15) is 0 Å². The van der Waals surface area contributed by atoms with E-state index in [2.05, 4.69) is 0 Å². The lowest BCUT2D eigenvalue weighted by molar-refractivity contribution is -0.142. The summed E-state index contributed by atoms with van der Waals surface area (Å²) in [5, 5.41) is 14.2. The fraction of sp³-hybridized carbons (Fsp3) is 0.300. The highest BCUT2D eigenvalue weighted by Crippen LogP contribution is 2.29. The Labute approximate surface area is 99.1 Å². The molecule has 0 saturated heterocycles. The van der Waals surface area contributed by atoms with Crippen LogP contribution in [0.25, 0.3) is 0 Å². The molecule has 1 aromatic carbocycles. The van der Waals surface area contributed by atoms with Gasteiger partial charge in [-0.3, -0.25) is 0 Å². The largest absolute Gasteiger partial charge is 0.480 e. The van der Waals surface area contributed by atoms with Crippen LogP contribution in [-0.4, -0.2) is 33.2 Å². The molecule has 0 aliphatic rings. The van der Waals surface area contributed by atoms with E-state index in [1.807, 2.05) is 0 Å². The standard InChI is InChI=1S/C10H13NO5S/c1-16-7-10(9(12)13,17(11,14)15)8-5-3-2-4-6-8/h2-6H,7H2,1H3,(H,12,13)(H2,11,14,15). The second kappa shape index (κ2) is 4.82. The highest BCUT2D eigenvalue weighted by atomic mass is 32.2. The van der Waals surface area contributed by atoms with Gasteiger partial charge in [-0.15, -0.1) is 0 Å².